The van der Waals surface area contributed by atoms with Crippen LogP contribution in [0.4, 0.5) is 11.5 Å². The Labute approximate surface area is 279 Å². The second kappa shape index (κ2) is 13.2. The van der Waals surface area contributed by atoms with Gasteiger partial charge in [-0.3, -0.25) is 0 Å². The molecule has 5 rings (SSSR count). The molecular weight excluding hydrogens is 658 g/mol. The van der Waals surface area contributed by atoms with Gasteiger partial charge >= 0.3 is 0 Å². The van der Waals surface area contributed by atoms with Gasteiger partial charge in [0.15, 0.2) is 0 Å². The van der Waals surface area contributed by atoms with Crippen molar-refractivity contribution in [1.82, 2.24) is 9.97 Å². The number of halogens is 1. The molecule has 2 atom stereocenters. The second-order valence-electron chi connectivity index (χ2n) is 11.5. The summed E-state index contributed by atoms with van der Waals surface area (Å²) in [6, 6.07) is 21.1. The third-order valence-corrected chi connectivity index (χ3v) is 11.8. The van der Waals surface area contributed by atoms with Crippen molar-refractivity contribution < 1.29 is 27.0 Å². The summed E-state index contributed by atoms with van der Waals surface area (Å²) in [6.45, 7) is 9.36. The van der Waals surface area contributed by atoms with Crippen molar-refractivity contribution in [3.8, 4) is 0 Å². The minimum absolute atomic E-state index is 0.00597. The molecule has 0 aliphatic heterocycles. The van der Waals surface area contributed by atoms with Crippen molar-refractivity contribution in [2.45, 2.75) is 66.4 Å². The molecule has 0 saturated heterocycles. The zero-order valence-corrected chi connectivity index (χ0v) is 28.7. The minimum Gasteiger partial charge on any atom is -0.385 e. The molecule has 0 aliphatic carbocycles. The van der Waals surface area contributed by atoms with Crippen LogP contribution in [0.3, 0.4) is 0 Å². The number of nitrogens with zero attached hydrogens (tertiary/aromatic N) is 2. The van der Waals surface area contributed by atoms with Crippen molar-refractivity contribution in [3.63, 3.8) is 0 Å². The van der Waals surface area contributed by atoms with Gasteiger partial charge in [0.05, 0.1) is 9.79 Å². The van der Waals surface area contributed by atoms with Gasteiger partial charge in [-0.25, -0.2) is 26.8 Å². The van der Waals surface area contributed by atoms with E-state index in [0.29, 0.717) is 11.4 Å². The van der Waals surface area contributed by atoms with E-state index in [1.807, 2.05) is 32.9 Å². The van der Waals surface area contributed by atoms with Crippen LogP contribution in [0, 0.1) is 34.6 Å². The number of nitrogens with one attached hydrogen (secondary N) is 1. The van der Waals surface area contributed by atoms with E-state index in [9.17, 15) is 27.0 Å². The van der Waals surface area contributed by atoms with Crippen molar-refractivity contribution in [2.75, 3.05) is 5.32 Å². The highest BCUT2D eigenvalue weighted by Crippen LogP contribution is 2.35. The topological polar surface area (TPSA) is 147 Å². The number of pyridine rings is 2. The molecule has 0 radical (unpaired) electrons. The fourth-order valence-electron chi connectivity index (χ4n) is 5.37. The van der Waals surface area contributed by atoms with Gasteiger partial charge in [-0.2, -0.15) is 0 Å². The van der Waals surface area contributed by atoms with Crippen molar-refractivity contribution in [2.24, 2.45) is 0 Å². The van der Waals surface area contributed by atoms with Crippen LogP contribution in [0.1, 0.15) is 51.4 Å². The van der Waals surface area contributed by atoms with Gasteiger partial charge in [-0.05, 0) is 105 Å². The lowest BCUT2D eigenvalue weighted by molar-refractivity contribution is 0.0172. The molecule has 2 aromatic heterocycles. The van der Waals surface area contributed by atoms with Gasteiger partial charge in [0.2, 0.25) is 19.7 Å². The number of sulfone groups is 2. The van der Waals surface area contributed by atoms with E-state index in [1.54, 1.807) is 26.0 Å². The number of aryl methyl sites for hydroxylation is 5. The zero-order chi connectivity index (χ0) is 34.3. The normalized spacial score (nSPS) is 13.3. The average molecular weight is 692 g/mol. The molecule has 2 heterocycles. The molecule has 0 bridgehead atoms. The quantitative estimate of drug-likeness (QED) is 0.141. The minimum atomic E-state index is -4.04. The van der Waals surface area contributed by atoms with Crippen LogP contribution in [0.15, 0.2) is 105 Å². The Hall–Kier alpha value is -4.13. The maximum absolute atomic E-state index is 13.8. The molecular formula is C35H34ClN3O6S2. The van der Waals surface area contributed by atoms with E-state index in [1.165, 1.54) is 60.7 Å². The number of hydrogen-bond acceptors (Lipinski definition) is 9. The Morgan fingerprint density at radius 3 is 1.51 bits per heavy atom. The lowest BCUT2D eigenvalue weighted by Crippen LogP contribution is -2.12. The fourth-order valence-corrected chi connectivity index (χ4v) is 8.48. The van der Waals surface area contributed by atoms with Crippen LogP contribution >= 0.6 is 11.6 Å². The van der Waals surface area contributed by atoms with Gasteiger partial charge in [0, 0.05) is 17.1 Å². The molecule has 3 N–H and O–H groups in total. The number of rotatable bonds is 9. The highest BCUT2D eigenvalue weighted by molar-refractivity contribution is 7.92. The molecule has 244 valence electrons. The number of anilines is 2. The lowest BCUT2D eigenvalue weighted by atomic mass is 9.98. The molecule has 0 spiro atoms. The molecule has 9 nitrogen and oxygen atoms in total. The predicted molar refractivity (Wildman–Crippen MR) is 181 cm³/mol. The van der Waals surface area contributed by atoms with Crippen molar-refractivity contribution >= 4 is 42.8 Å². The monoisotopic (exact) mass is 691 g/mol. The zero-order valence-electron chi connectivity index (χ0n) is 26.4. The Bertz CT molecular complexity index is 2170. The first kappa shape index (κ1) is 34.2. The fraction of sp³-hybridized carbons (Fsp3) is 0.200. The lowest BCUT2D eigenvalue weighted by Gasteiger charge is -2.20. The molecule has 12 heteroatoms. The van der Waals surface area contributed by atoms with Crippen molar-refractivity contribution in [3.05, 3.63) is 129 Å². The van der Waals surface area contributed by atoms with E-state index in [0.717, 1.165) is 22.4 Å². The molecule has 5 aromatic rings. The summed E-state index contributed by atoms with van der Waals surface area (Å²) in [5, 5.41) is 25.0. The Morgan fingerprint density at radius 2 is 1.04 bits per heavy atom. The maximum Gasteiger partial charge on any atom is 0.210 e. The van der Waals surface area contributed by atoms with Crippen LogP contribution in [-0.4, -0.2) is 37.0 Å². The van der Waals surface area contributed by atoms with Crippen LogP contribution < -0.4 is 5.32 Å². The number of benzene rings is 3. The number of aliphatic hydroxyl groups is 2. The standard InChI is InChI=1S/C35H34ClN3O6S2/c1-20-18-21(2)31(22(3)19-20)39-35-30(17-7-24(5)38-35)47(44,45)28-14-10-26(11-15-28)33(41)32(40)25-8-12-27(13-9-25)46(42,43)29-16-6-23(4)37-34(29)36/h6-19,32-33,40-41H,1-5H3,(H,38,39). The molecule has 3 aromatic carbocycles. The molecule has 47 heavy (non-hydrogen) atoms. The van der Waals surface area contributed by atoms with Crippen LogP contribution in [0.5, 0.6) is 0 Å². The number of aromatic nitrogens is 2. The van der Waals surface area contributed by atoms with E-state index in [2.05, 4.69) is 15.3 Å². The maximum atomic E-state index is 13.8. The summed E-state index contributed by atoms with van der Waals surface area (Å²) in [7, 11) is -8.02. The third kappa shape index (κ3) is 6.95. The molecule has 2 unspecified atom stereocenters. The molecule has 0 saturated carbocycles. The summed E-state index contributed by atoms with van der Waals surface area (Å²) in [5.74, 6) is 0.200. The number of hydrogen-bond donors (Lipinski definition) is 3. The van der Waals surface area contributed by atoms with Crippen LogP contribution in [-0.2, 0) is 19.7 Å². The van der Waals surface area contributed by atoms with E-state index < -0.39 is 31.9 Å². The first-order valence-corrected chi connectivity index (χ1v) is 18.0. The largest absolute Gasteiger partial charge is 0.385 e. The average Bonchev–Trinajstić information content (AvgIpc) is 3.02. The summed E-state index contributed by atoms with van der Waals surface area (Å²) in [6.07, 6.45) is -2.87. The van der Waals surface area contributed by atoms with Crippen LogP contribution in [0.2, 0.25) is 5.15 Å². The van der Waals surface area contributed by atoms with E-state index in [-0.39, 0.29) is 41.7 Å². The first-order valence-electron chi connectivity index (χ1n) is 14.6. The summed E-state index contributed by atoms with van der Waals surface area (Å²) >= 11 is 6.08. The van der Waals surface area contributed by atoms with Gasteiger partial charge < -0.3 is 15.5 Å². The Morgan fingerprint density at radius 1 is 0.617 bits per heavy atom. The summed E-state index contributed by atoms with van der Waals surface area (Å²) in [5.41, 5.74) is 5.51. The van der Waals surface area contributed by atoms with Crippen molar-refractivity contribution in [1.29, 1.82) is 0 Å². The number of aliphatic hydroxyl groups excluding tert-OH is 2. The Balaban J connectivity index is 1.38. The smallest absolute Gasteiger partial charge is 0.210 e. The van der Waals surface area contributed by atoms with Gasteiger partial charge in [0.1, 0.15) is 33.0 Å². The summed E-state index contributed by atoms with van der Waals surface area (Å²) < 4.78 is 53.8. The first-order chi connectivity index (χ1) is 22.1. The summed E-state index contributed by atoms with van der Waals surface area (Å²) in [4.78, 5) is 8.29. The second-order valence-corrected chi connectivity index (χ2v) is 15.7. The predicted octanol–water partition coefficient (Wildman–Crippen LogP) is 6.85. The SMILES string of the molecule is Cc1cc(C)c(Nc2nc(C)ccc2S(=O)(=O)c2ccc(C(O)C(O)c3ccc(S(=O)(=O)c4ccc(C)nc4Cl)cc3)cc2)c(C)c1. The van der Waals surface area contributed by atoms with Gasteiger partial charge in [-0.1, -0.05) is 53.6 Å². The van der Waals surface area contributed by atoms with E-state index >= 15 is 0 Å². The third-order valence-electron chi connectivity index (χ3n) is 7.81. The molecule has 0 fully saturated rings. The highest BCUT2D eigenvalue weighted by atomic mass is 35.5. The van der Waals surface area contributed by atoms with Crippen LogP contribution in [0.25, 0.3) is 0 Å². The molecule has 0 aliphatic rings. The Kier molecular flexibility index (Phi) is 9.59. The van der Waals surface area contributed by atoms with Gasteiger partial charge in [0.25, 0.3) is 0 Å². The molecule has 0 amide bonds. The highest BCUT2D eigenvalue weighted by Gasteiger charge is 2.27. The van der Waals surface area contributed by atoms with Gasteiger partial charge in [-0.15, -0.1) is 0 Å². The van der Waals surface area contributed by atoms with E-state index in [4.69, 9.17) is 11.6 Å².